The van der Waals surface area contributed by atoms with Crippen molar-refractivity contribution < 1.29 is 52.8 Å². The number of rotatable bonds is 14. The van der Waals surface area contributed by atoms with E-state index in [9.17, 15) is 29.1 Å². The summed E-state index contributed by atoms with van der Waals surface area (Å²) in [7, 11) is 0. The summed E-state index contributed by atoms with van der Waals surface area (Å²) in [6.07, 6.45) is 22.0. The fourth-order valence-electron chi connectivity index (χ4n) is 13.5. The zero-order chi connectivity index (χ0) is 52.3. The van der Waals surface area contributed by atoms with Crippen LogP contribution in [0.2, 0.25) is 0 Å². The number of carbonyl (C=O) groups excluding carboxylic acids is 5. The van der Waals surface area contributed by atoms with Crippen LogP contribution in [0.4, 0.5) is 0 Å². The van der Waals surface area contributed by atoms with E-state index in [1.54, 1.807) is 13.8 Å². The fraction of sp³-hybridized carbons (Fsp3) is 0.915. The summed E-state index contributed by atoms with van der Waals surface area (Å²) in [4.78, 5) is 59.9. The third-order valence-electron chi connectivity index (χ3n) is 19.5. The van der Waals surface area contributed by atoms with E-state index < -0.39 is 28.5 Å². The number of esters is 5. The van der Waals surface area contributed by atoms with Crippen molar-refractivity contribution in [3.05, 3.63) is 0 Å². The zero-order valence-electron chi connectivity index (χ0n) is 46.9. The first-order valence-corrected chi connectivity index (χ1v) is 28.3. The average molecular weight is 985 g/mol. The average Bonchev–Trinajstić information content (AvgIpc) is 3.70. The second-order valence-corrected chi connectivity index (χ2v) is 26.7. The van der Waals surface area contributed by atoms with Gasteiger partial charge in [0, 0.05) is 12.8 Å². The van der Waals surface area contributed by atoms with Crippen molar-refractivity contribution in [3.8, 4) is 0 Å². The van der Waals surface area contributed by atoms with Crippen LogP contribution in [0.3, 0.4) is 0 Å². The van der Waals surface area contributed by atoms with Crippen LogP contribution in [0.25, 0.3) is 0 Å². The summed E-state index contributed by atoms with van der Waals surface area (Å²) in [5, 5.41) is 10.6. The maximum atomic E-state index is 12.8. The largest absolute Gasteiger partial charge is 0.463 e. The van der Waals surface area contributed by atoms with E-state index in [0.717, 1.165) is 76.0 Å². The van der Waals surface area contributed by atoms with Crippen LogP contribution in [0.15, 0.2) is 0 Å². The lowest BCUT2D eigenvalue weighted by Gasteiger charge is -2.62. The SMILES string of the molecule is CCC(C)(C)C(=O)OC1(C(C)C)C2CC3CC(C2)CC1C3.CCC(C)(C)C(=O)OC12CC3CC(CC(O)(C3)C1)C2.CCC(C)(C)C(=O)OC1CCOC1=O.CCC1(OC(=O)C(C)(C)CC)CCCCC1. The van der Waals surface area contributed by atoms with E-state index in [1.165, 1.54) is 57.8 Å². The molecule has 402 valence electrons. The van der Waals surface area contributed by atoms with Gasteiger partial charge < -0.3 is 28.8 Å². The molecule has 1 saturated heterocycles. The van der Waals surface area contributed by atoms with Gasteiger partial charge in [0.15, 0.2) is 0 Å². The van der Waals surface area contributed by atoms with E-state index in [2.05, 4.69) is 27.7 Å². The zero-order valence-corrected chi connectivity index (χ0v) is 46.9. The van der Waals surface area contributed by atoms with Crippen molar-refractivity contribution in [1.82, 2.24) is 0 Å². The number of hydrogen-bond acceptors (Lipinski definition) is 11. The molecule has 9 saturated carbocycles. The van der Waals surface area contributed by atoms with Gasteiger partial charge in [-0.1, -0.05) is 54.9 Å². The maximum Gasteiger partial charge on any atom is 0.347 e. The van der Waals surface area contributed by atoms with Crippen molar-refractivity contribution in [3.63, 3.8) is 0 Å². The third kappa shape index (κ3) is 13.2. The van der Waals surface area contributed by atoms with Crippen molar-refractivity contribution in [2.24, 2.45) is 63.1 Å². The van der Waals surface area contributed by atoms with E-state index in [1.807, 2.05) is 62.3 Å². The minimum absolute atomic E-state index is 0.0150. The van der Waals surface area contributed by atoms with Crippen LogP contribution in [0, 0.1) is 63.1 Å². The molecule has 11 heteroatoms. The topological polar surface area (TPSA) is 152 Å². The van der Waals surface area contributed by atoms with Gasteiger partial charge in [0.05, 0.1) is 33.9 Å². The van der Waals surface area contributed by atoms with Crippen molar-refractivity contribution in [2.45, 2.75) is 274 Å². The number of cyclic esters (lactones) is 1. The van der Waals surface area contributed by atoms with E-state index in [-0.39, 0.29) is 51.5 Å². The Balaban J connectivity index is 0.000000176. The first kappa shape index (κ1) is 58.2. The Hall–Kier alpha value is -2.69. The molecule has 9 aliphatic carbocycles. The van der Waals surface area contributed by atoms with Crippen molar-refractivity contribution in [2.75, 3.05) is 6.61 Å². The molecule has 8 bridgehead atoms. The molecule has 1 N–H and O–H groups in total. The lowest BCUT2D eigenvalue weighted by Crippen LogP contribution is -2.63. The Labute approximate surface area is 424 Å². The van der Waals surface area contributed by atoms with Gasteiger partial charge in [0.1, 0.15) is 16.8 Å². The van der Waals surface area contributed by atoms with Crippen LogP contribution in [0.1, 0.15) is 245 Å². The molecule has 0 spiro atoms. The van der Waals surface area contributed by atoms with Gasteiger partial charge in [-0.3, -0.25) is 19.2 Å². The van der Waals surface area contributed by atoms with Crippen LogP contribution < -0.4 is 0 Å². The molecule has 3 unspecified atom stereocenters. The van der Waals surface area contributed by atoms with Crippen LogP contribution >= 0.6 is 0 Å². The second-order valence-electron chi connectivity index (χ2n) is 26.7. The highest BCUT2D eigenvalue weighted by atomic mass is 16.6. The summed E-state index contributed by atoms with van der Waals surface area (Å²) >= 11 is 0. The van der Waals surface area contributed by atoms with E-state index >= 15 is 0 Å². The third-order valence-corrected chi connectivity index (χ3v) is 19.5. The van der Waals surface area contributed by atoms with Gasteiger partial charge in [0.25, 0.3) is 0 Å². The molecule has 1 aliphatic heterocycles. The highest BCUT2D eigenvalue weighted by Crippen LogP contribution is 2.62. The molecule has 0 aromatic carbocycles. The molecule has 3 atom stereocenters. The first-order chi connectivity index (χ1) is 32.5. The maximum absolute atomic E-state index is 12.8. The normalized spacial score (nSPS) is 33.6. The van der Waals surface area contributed by atoms with E-state index in [4.69, 9.17) is 23.7 Å². The fourth-order valence-corrected chi connectivity index (χ4v) is 13.5. The van der Waals surface area contributed by atoms with Gasteiger partial charge in [-0.2, -0.15) is 0 Å². The molecule has 1 heterocycles. The standard InChI is InChI=1S/C19H32O2.C16H26O3.C14H26O2.C10H16O4/c1-6-18(4,5)17(20)21-19(12(2)3)15-8-13-7-14(10-15)11-16(19)9-13;1-4-14(2,3)13(17)19-16-8-11-5-12(9-16)7-15(18,6-11)10-16;1-5-13(3,4)12(15)16-14(6-2)10-8-7-9-11-14;1-4-10(2,3)9(12)14-7-5-6-13-8(7)11/h12-16H,6-11H2,1-5H3;11-12,18H,4-10H2,1-3H3;5-11H2,1-4H3;7H,4-6H2,1-3H3. The lowest BCUT2D eigenvalue weighted by molar-refractivity contribution is -0.231. The Morgan fingerprint density at radius 3 is 1.43 bits per heavy atom. The molecular formula is C59H100O11. The molecule has 10 aliphatic rings. The van der Waals surface area contributed by atoms with Crippen molar-refractivity contribution in [1.29, 1.82) is 0 Å². The molecule has 10 rings (SSSR count). The van der Waals surface area contributed by atoms with Gasteiger partial charge >= 0.3 is 29.8 Å². The molecule has 70 heavy (non-hydrogen) atoms. The molecule has 0 aromatic rings. The Bertz CT molecular complexity index is 1770. The lowest BCUT2D eigenvalue weighted by atomic mass is 9.47. The van der Waals surface area contributed by atoms with Gasteiger partial charge in [-0.25, -0.2) is 4.79 Å². The monoisotopic (exact) mass is 985 g/mol. The minimum Gasteiger partial charge on any atom is -0.463 e. The van der Waals surface area contributed by atoms with Crippen LogP contribution in [0.5, 0.6) is 0 Å². The summed E-state index contributed by atoms with van der Waals surface area (Å²) in [6.45, 7) is 30.6. The summed E-state index contributed by atoms with van der Waals surface area (Å²) < 4.78 is 28.0. The van der Waals surface area contributed by atoms with Gasteiger partial charge in [-0.15, -0.1) is 0 Å². The second kappa shape index (κ2) is 22.4. The van der Waals surface area contributed by atoms with Crippen LogP contribution in [-0.4, -0.2) is 70.1 Å². The first-order valence-electron chi connectivity index (χ1n) is 28.3. The molecule has 10 fully saturated rings. The van der Waals surface area contributed by atoms with Crippen molar-refractivity contribution >= 4 is 29.8 Å². The van der Waals surface area contributed by atoms with Gasteiger partial charge in [-0.05, 0) is 219 Å². The highest BCUT2D eigenvalue weighted by Gasteiger charge is 2.62. The molecule has 0 amide bonds. The molecule has 0 aromatic heterocycles. The number of ether oxygens (including phenoxy) is 5. The van der Waals surface area contributed by atoms with E-state index in [0.29, 0.717) is 55.5 Å². The number of carbonyl (C=O) groups is 5. The summed E-state index contributed by atoms with van der Waals surface area (Å²) in [5.74, 6) is 3.79. The smallest absolute Gasteiger partial charge is 0.347 e. The Morgan fingerprint density at radius 2 is 1.03 bits per heavy atom. The highest BCUT2D eigenvalue weighted by molar-refractivity contribution is 5.83. The van der Waals surface area contributed by atoms with Crippen LogP contribution in [-0.2, 0) is 47.7 Å². The quantitative estimate of drug-likeness (QED) is 0.131. The summed E-state index contributed by atoms with van der Waals surface area (Å²) in [6, 6.07) is 0. The predicted molar refractivity (Wildman–Crippen MR) is 273 cm³/mol. The number of aliphatic hydroxyl groups is 1. The molecular weight excluding hydrogens is 885 g/mol. The number of hydrogen-bond donors (Lipinski definition) is 1. The summed E-state index contributed by atoms with van der Waals surface area (Å²) in [5.41, 5.74) is -2.85. The van der Waals surface area contributed by atoms with Gasteiger partial charge in [0.2, 0.25) is 6.10 Å². The minimum atomic E-state index is -0.687. The Kier molecular flexibility index (Phi) is 18.6. The molecule has 0 radical (unpaired) electrons. The predicted octanol–water partition coefficient (Wildman–Crippen LogP) is 13.2. The molecule has 11 nitrogen and oxygen atoms in total. The Morgan fingerprint density at radius 1 is 0.600 bits per heavy atom.